The maximum atomic E-state index is 12.1. The molecule has 1 amide bonds. The smallest absolute Gasteiger partial charge is 0.296 e. The highest BCUT2D eigenvalue weighted by Crippen LogP contribution is 2.30. The number of aromatic nitrogens is 2. The van der Waals surface area contributed by atoms with Crippen molar-refractivity contribution in [1.82, 2.24) is 10.2 Å². The molecule has 140 valence electrons. The van der Waals surface area contributed by atoms with Gasteiger partial charge in [0.25, 0.3) is 5.69 Å². The van der Waals surface area contributed by atoms with E-state index in [1.54, 1.807) is 13.2 Å². The van der Waals surface area contributed by atoms with Crippen molar-refractivity contribution in [2.45, 2.75) is 4.34 Å². The Hall–Kier alpha value is -2.44. The number of hydrogen-bond acceptors (Lipinski definition) is 10. The van der Waals surface area contributed by atoms with Crippen LogP contribution in [0.4, 0.5) is 16.5 Å². The quantitative estimate of drug-likeness (QED) is 0.267. The normalized spacial score (nSPS) is 10.4. The van der Waals surface area contributed by atoms with E-state index in [4.69, 9.17) is 9.47 Å². The van der Waals surface area contributed by atoms with Crippen molar-refractivity contribution in [2.24, 2.45) is 0 Å². The summed E-state index contributed by atoms with van der Waals surface area (Å²) in [6.45, 7) is 1.16. The molecule has 0 saturated carbocycles. The van der Waals surface area contributed by atoms with Crippen LogP contribution in [0.25, 0.3) is 0 Å². The van der Waals surface area contributed by atoms with Gasteiger partial charge in [-0.05, 0) is 12.1 Å². The van der Waals surface area contributed by atoms with Gasteiger partial charge >= 0.3 is 0 Å². The minimum absolute atomic E-state index is 0.0515. The van der Waals surface area contributed by atoms with E-state index in [-0.39, 0.29) is 23.0 Å². The number of nitro groups is 1. The molecule has 0 fully saturated rings. The Bertz CT molecular complexity index is 770. The highest BCUT2D eigenvalue weighted by Gasteiger charge is 2.17. The second kappa shape index (κ2) is 9.89. The molecule has 0 aliphatic rings. The molecular weight excluding hydrogens is 382 g/mol. The number of carbonyl (C=O) groups excluding carboxylic acids is 1. The van der Waals surface area contributed by atoms with Crippen LogP contribution >= 0.6 is 23.1 Å². The number of amides is 1. The minimum atomic E-state index is -0.575. The number of nitrogens with one attached hydrogen (secondary N) is 2. The lowest BCUT2D eigenvalue weighted by atomic mass is 10.2. The number of anilines is 2. The number of nitrogens with zero attached hydrogens (tertiary/aromatic N) is 3. The van der Waals surface area contributed by atoms with Crippen LogP contribution in [-0.4, -0.2) is 54.2 Å². The van der Waals surface area contributed by atoms with Gasteiger partial charge in [0.2, 0.25) is 11.0 Å². The molecule has 0 spiro atoms. The number of methoxy groups -OCH3 is 2. The number of hydrogen-bond donors (Lipinski definition) is 2. The third kappa shape index (κ3) is 5.82. The molecule has 0 aliphatic heterocycles. The summed E-state index contributed by atoms with van der Waals surface area (Å²) in [5.41, 5.74) is -0.121. The number of nitro benzene ring substituents is 1. The summed E-state index contributed by atoms with van der Waals surface area (Å²) < 4.78 is 10.5. The number of ether oxygens (including phenoxy) is 2. The Balaban J connectivity index is 1.90. The third-order valence-electron chi connectivity index (χ3n) is 2.99. The zero-order valence-corrected chi connectivity index (χ0v) is 15.7. The standard InChI is InChI=1S/C14H17N5O5S2/c1-23-6-5-15-13-17-18-14(26-13)25-8-12(20)16-10-4-3-9(24-2)7-11(10)19(21)22/h3-4,7H,5-6,8H2,1-2H3,(H,15,17)(H,16,20). The maximum Gasteiger partial charge on any atom is 0.296 e. The average molecular weight is 399 g/mol. The van der Waals surface area contributed by atoms with Crippen LogP contribution in [-0.2, 0) is 9.53 Å². The van der Waals surface area contributed by atoms with Crippen molar-refractivity contribution in [3.8, 4) is 5.75 Å². The topological polar surface area (TPSA) is 129 Å². The van der Waals surface area contributed by atoms with E-state index in [0.29, 0.717) is 28.4 Å². The van der Waals surface area contributed by atoms with Crippen LogP contribution in [0.3, 0.4) is 0 Å². The molecule has 0 radical (unpaired) electrons. The Labute approximate surface area is 157 Å². The predicted octanol–water partition coefficient (Wildman–Crippen LogP) is 2.24. The Kier molecular flexibility index (Phi) is 7.56. The van der Waals surface area contributed by atoms with Gasteiger partial charge in [0.1, 0.15) is 11.4 Å². The summed E-state index contributed by atoms with van der Waals surface area (Å²) >= 11 is 2.51. The average Bonchev–Trinajstić information content (AvgIpc) is 3.08. The summed E-state index contributed by atoms with van der Waals surface area (Å²) in [6.07, 6.45) is 0. The minimum Gasteiger partial charge on any atom is -0.496 e. The third-order valence-corrected chi connectivity index (χ3v) is 5.01. The van der Waals surface area contributed by atoms with Gasteiger partial charge in [-0.1, -0.05) is 23.1 Å². The maximum absolute atomic E-state index is 12.1. The molecule has 2 N–H and O–H groups in total. The Morgan fingerprint density at radius 2 is 2.19 bits per heavy atom. The van der Waals surface area contributed by atoms with E-state index in [1.165, 1.54) is 42.3 Å². The summed E-state index contributed by atoms with van der Waals surface area (Å²) in [7, 11) is 3.02. The molecule has 0 bridgehead atoms. The predicted molar refractivity (Wildman–Crippen MR) is 99.3 cm³/mol. The van der Waals surface area contributed by atoms with Gasteiger partial charge in [0.15, 0.2) is 4.34 Å². The molecule has 0 saturated heterocycles. The molecule has 1 aromatic heterocycles. The zero-order valence-electron chi connectivity index (χ0n) is 14.1. The van der Waals surface area contributed by atoms with Crippen LogP contribution in [0.15, 0.2) is 22.5 Å². The van der Waals surface area contributed by atoms with Gasteiger partial charge < -0.3 is 20.1 Å². The Morgan fingerprint density at radius 3 is 2.88 bits per heavy atom. The fourth-order valence-electron chi connectivity index (χ4n) is 1.81. The van der Waals surface area contributed by atoms with E-state index < -0.39 is 4.92 Å². The van der Waals surface area contributed by atoms with Crippen molar-refractivity contribution in [3.63, 3.8) is 0 Å². The van der Waals surface area contributed by atoms with Gasteiger partial charge in [0.05, 0.1) is 30.5 Å². The van der Waals surface area contributed by atoms with Crippen molar-refractivity contribution < 1.29 is 19.2 Å². The highest BCUT2D eigenvalue weighted by atomic mass is 32.2. The lowest BCUT2D eigenvalue weighted by molar-refractivity contribution is -0.384. The summed E-state index contributed by atoms with van der Waals surface area (Å²) in [6, 6.07) is 4.23. The van der Waals surface area contributed by atoms with E-state index in [1.807, 2.05) is 0 Å². The molecular formula is C14H17N5O5S2. The van der Waals surface area contributed by atoms with Crippen molar-refractivity contribution in [1.29, 1.82) is 0 Å². The van der Waals surface area contributed by atoms with Gasteiger partial charge in [-0.25, -0.2) is 0 Å². The van der Waals surface area contributed by atoms with Gasteiger partial charge in [0, 0.05) is 13.7 Å². The molecule has 1 aromatic carbocycles. The first-order valence-corrected chi connectivity index (χ1v) is 9.15. The molecule has 2 rings (SSSR count). The molecule has 0 unspecified atom stereocenters. The summed E-state index contributed by atoms with van der Waals surface area (Å²) in [4.78, 5) is 22.6. The Morgan fingerprint density at radius 1 is 1.38 bits per heavy atom. The van der Waals surface area contributed by atoms with Crippen LogP contribution in [0.2, 0.25) is 0 Å². The molecule has 26 heavy (non-hydrogen) atoms. The van der Waals surface area contributed by atoms with E-state index in [2.05, 4.69) is 20.8 Å². The molecule has 1 heterocycles. The summed E-state index contributed by atoms with van der Waals surface area (Å²) in [5, 5.41) is 25.2. The second-order valence-electron chi connectivity index (χ2n) is 4.77. The second-order valence-corrected chi connectivity index (χ2v) is 6.97. The molecule has 2 aromatic rings. The largest absolute Gasteiger partial charge is 0.496 e. The number of thioether (sulfide) groups is 1. The number of rotatable bonds is 10. The van der Waals surface area contributed by atoms with Crippen molar-refractivity contribution in [2.75, 3.05) is 43.8 Å². The first-order chi connectivity index (χ1) is 12.5. The van der Waals surface area contributed by atoms with E-state index in [9.17, 15) is 14.9 Å². The van der Waals surface area contributed by atoms with Crippen LogP contribution < -0.4 is 15.4 Å². The van der Waals surface area contributed by atoms with Crippen LogP contribution in [0.5, 0.6) is 5.75 Å². The first kappa shape index (κ1) is 19.9. The summed E-state index contributed by atoms with van der Waals surface area (Å²) in [5.74, 6) is 0.00869. The fraction of sp³-hybridized carbons (Fsp3) is 0.357. The first-order valence-electron chi connectivity index (χ1n) is 7.35. The van der Waals surface area contributed by atoms with Crippen molar-refractivity contribution >= 4 is 45.5 Å². The van der Waals surface area contributed by atoms with Gasteiger partial charge in [-0.15, -0.1) is 10.2 Å². The number of carbonyl (C=O) groups is 1. The van der Waals surface area contributed by atoms with Gasteiger partial charge in [-0.3, -0.25) is 14.9 Å². The lowest BCUT2D eigenvalue weighted by Gasteiger charge is -2.07. The van der Waals surface area contributed by atoms with E-state index in [0.717, 1.165) is 0 Å². The van der Waals surface area contributed by atoms with Crippen LogP contribution in [0.1, 0.15) is 0 Å². The fourth-order valence-corrected chi connectivity index (χ4v) is 3.39. The highest BCUT2D eigenvalue weighted by molar-refractivity contribution is 8.01. The SMILES string of the molecule is COCCNc1nnc(SCC(=O)Nc2ccc(OC)cc2[N+](=O)[O-])s1. The molecule has 10 nitrogen and oxygen atoms in total. The van der Waals surface area contributed by atoms with Gasteiger partial charge in [-0.2, -0.15) is 0 Å². The van der Waals surface area contributed by atoms with Crippen molar-refractivity contribution in [3.05, 3.63) is 28.3 Å². The molecule has 0 aliphatic carbocycles. The molecule has 0 atom stereocenters. The van der Waals surface area contributed by atoms with E-state index >= 15 is 0 Å². The van der Waals surface area contributed by atoms with Crippen LogP contribution in [0, 0.1) is 10.1 Å². The monoisotopic (exact) mass is 399 g/mol. The zero-order chi connectivity index (χ0) is 18.9. The number of benzene rings is 1. The molecule has 12 heteroatoms. The lowest BCUT2D eigenvalue weighted by Crippen LogP contribution is -2.15.